The van der Waals surface area contributed by atoms with Crippen LogP contribution >= 0.6 is 0 Å². The van der Waals surface area contributed by atoms with Crippen molar-refractivity contribution in [1.82, 2.24) is 25.0 Å². The third-order valence-electron chi connectivity index (χ3n) is 6.05. The Kier molecular flexibility index (Phi) is 5.43. The molecule has 8 heteroatoms. The molecule has 2 aliphatic rings. The van der Waals surface area contributed by atoms with Crippen molar-refractivity contribution in [2.45, 2.75) is 32.4 Å². The number of carbonyl (C=O) groups excluding carboxylic acids is 2. The van der Waals surface area contributed by atoms with Crippen LogP contribution in [0.2, 0.25) is 0 Å². The molecular formula is C24H24FN5O2. The van der Waals surface area contributed by atoms with E-state index in [0.717, 1.165) is 18.7 Å². The summed E-state index contributed by atoms with van der Waals surface area (Å²) in [5.41, 5.74) is 1.68. The first kappa shape index (κ1) is 20.4. The normalized spacial score (nSPS) is 15.7. The first-order chi connectivity index (χ1) is 15.6. The number of carbonyl (C=O) groups is 2. The van der Waals surface area contributed by atoms with Crippen molar-refractivity contribution >= 4 is 11.8 Å². The number of halogens is 1. The zero-order valence-corrected chi connectivity index (χ0v) is 17.6. The van der Waals surface area contributed by atoms with Gasteiger partial charge in [-0.15, -0.1) is 10.2 Å². The number of amides is 2. The number of nitrogens with one attached hydrogen (secondary N) is 1. The summed E-state index contributed by atoms with van der Waals surface area (Å²) in [6.45, 7) is 1.95. The van der Waals surface area contributed by atoms with Crippen LogP contribution in [0.3, 0.4) is 0 Å². The van der Waals surface area contributed by atoms with Crippen LogP contribution in [0.25, 0.3) is 11.1 Å². The number of hydrogen-bond donors (Lipinski definition) is 1. The van der Waals surface area contributed by atoms with E-state index in [2.05, 4.69) is 15.5 Å². The third kappa shape index (κ3) is 4.12. The van der Waals surface area contributed by atoms with Gasteiger partial charge in [0, 0.05) is 43.1 Å². The molecule has 0 unspecified atom stereocenters. The number of rotatable bonds is 5. The predicted molar refractivity (Wildman–Crippen MR) is 116 cm³/mol. The summed E-state index contributed by atoms with van der Waals surface area (Å²) in [7, 11) is 0. The maximum atomic E-state index is 14.2. The highest BCUT2D eigenvalue weighted by atomic mass is 19.1. The van der Waals surface area contributed by atoms with Crippen LogP contribution < -0.4 is 5.32 Å². The third-order valence-corrected chi connectivity index (χ3v) is 6.05. The van der Waals surface area contributed by atoms with Gasteiger partial charge < -0.3 is 14.8 Å². The van der Waals surface area contributed by atoms with Gasteiger partial charge in [0.2, 0.25) is 5.91 Å². The zero-order valence-electron chi connectivity index (χ0n) is 17.6. The molecule has 2 aromatic carbocycles. The van der Waals surface area contributed by atoms with Gasteiger partial charge in [-0.05, 0) is 36.6 Å². The predicted octanol–water partition coefficient (Wildman–Crippen LogP) is 2.81. The Morgan fingerprint density at radius 3 is 2.69 bits per heavy atom. The van der Waals surface area contributed by atoms with Crippen molar-refractivity contribution in [2.24, 2.45) is 5.92 Å². The maximum Gasteiger partial charge on any atom is 0.253 e. The highest BCUT2D eigenvalue weighted by Crippen LogP contribution is 2.29. The second kappa shape index (κ2) is 8.53. The molecule has 1 N–H and O–H groups in total. The van der Waals surface area contributed by atoms with Gasteiger partial charge in [0.25, 0.3) is 5.91 Å². The zero-order chi connectivity index (χ0) is 22.1. The van der Waals surface area contributed by atoms with E-state index in [1.165, 1.54) is 6.07 Å². The fourth-order valence-electron chi connectivity index (χ4n) is 4.07. The van der Waals surface area contributed by atoms with E-state index in [-0.39, 0.29) is 23.5 Å². The van der Waals surface area contributed by atoms with E-state index in [1.54, 1.807) is 47.4 Å². The fourth-order valence-corrected chi connectivity index (χ4v) is 4.07. The topological polar surface area (TPSA) is 80.1 Å². The van der Waals surface area contributed by atoms with Gasteiger partial charge in [-0.25, -0.2) is 4.39 Å². The van der Waals surface area contributed by atoms with Gasteiger partial charge in [-0.2, -0.15) is 0 Å². The molecule has 0 bridgehead atoms. The first-order valence-corrected chi connectivity index (χ1v) is 10.9. The summed E-state index contributed by atoms with van der Waals surface area (Å²) in [6, 6.07) is 13.6. The number of fused-ring (bicyclic) bond motifs is 1. The summed E-state index contributed by atoms with van der Waals surface area (Å²) in [5, 5.41) is 11.4. The van der Waals surface area contributed by atoms with Crippen molar-refractivity contribution in [3.05, 3.63) is 71.6 Å². The maximum absolute atomic E-state index is 14.2. The van der Waals surface area contributed by atoms with Gasteiger partial charge >= 0.3 is 0 Å². The van der Waals surface area contributed by atoms with Crippen LogP contribution in [0.5, 0.6) is 0 Å². The van der Waals surface area contributed by atoms with Crippen LogP contribution in [-0.4, -0.2) is 44.6 Å². The highest BCUT2D eigenvalue weighted by molar-refractivity contribution is 5.95. The number of nitrogens with zero attached hydrogens (tertiary/aromatic N) is 4. The van der Waals surface area contributed by atoms with Crippen LogP contribution in [0.15, 0.2) is 48.5 Å². The molecule has 0 atom stereocenters. The molecule has 1 saturated carbocycles. The molecule has 1 fully saturated rings. The molecule has 32 heavy (non-hydrogen) atoms. The molecule has 1 aromatic heterocycles. The average Bonchev–Trinajstić information content (AvgIpc) is 3.62. The summed E-state index contributed by atoms with van der Waals surface area (Å²) in [6.07, 6.45) is 2.50. The van der Waals surface area contributed by atoms with Crippen molar-refractivity contribution in [2.75, 3.05) is 13.1 Å². The van der Waals surface area contributed by atoms with E-state index < -0.39 is 0 Å². The Bertz CT molecular complexity index is 1170. The number of hydrogen-bond acceptors (Lipinski definition) is 4. The SMILES string of the molecule is O=C(NCc1nnc2n1CCN(C(=O)c1cccc(-c3ccccc3F)c1)CC2)C1CC1. The summed E-state index contributed by atoms with van der Waals surface area (Å²) in [5.74, 6) is 1.34. The molecule has 1 aliphatic heterocycles. The number of benzene rings is 2. The van der Waals surface area contributed by atoms with Crippen molar-refractivity contribution in [3.8, 4) is 11.1 Å². The Morgan fingerprint density at radius 1 is 1.03 bits per heavy atom. The molecule has 3 aromatic rings. The smallest absolute Gasteiger partial charge is 0.253 e. The lowest BCUT2D eigenvalue weighted by Gasteiger charge is -2.20. The molecule has 2 amide bonds. The minimum Gasteiger partial charge on any atom is -0.349 e. The second-order valence-corrected chi connectivity index (χ2v) is 8.28. The van der Waals surface area contributed by atoms with Crippen LogP contribution in [0, 0.1) is 11.7 Å². The second-order valence-electron chi connectivity index (χ2n) is 8.28. The summed E-state index contributed by atoms with van der Waals surface area (Å²) < 4.78 is 16.2. The van der Waals surface area contributed by atoms with Gasteiger partial charge in [-0.1, -0.05) is 30.3 Å². The lowest BCUT2D eigenvalue weighted by Crippen LogP contribution is -2.34. The Hall–Kier alpha value is -3.55. The van der Waals surface area contributed by atoms with Gasteiger partial charge in [0.15, 0.2) is 5.82 Å². The Labute approximate surface area is 185 Å². The van der Waals surface area contributed by atoms with Crippen molar-refractivity contribution in [3.63, 3.8) is 0 Å². The summed E-state index contributed by atoms with van der Waals surface area (Å²) >= 11 is 0. The molecule has 7 nitrogen and oxygen atoms in total. The van der Waals surface area contributed by atoms with Gasteiger partial charge in [0.05, 0.1) is 6.54 Å². The lowest BCUT2D eigenvalue weighted by atomic mass is 10.0. The van der Waals surface area contributed by atoms with Crippen LogP contribution in [0.4, 0.5) is 4.39 Å². The van der Waals surface area contributed by atoms with Gasteiger partial charge in [-0.3, -0.25) is 9.59 Å². The largest absolute Gasteiger partial charge is 0.349 e. The van der Waals surface area contributed by atoms with Crippen LogP contribution in [0.1, 0.15) is 34.8 Å². The van der Waals surface area contributed by atoms with E-state index in [4.69, 9.17) is 0 Å². The molecule has 0 saturated heterocycles. The molecular weight excluding hydrogens is 409 g/mol. The standard InChI is InChI=1S/C24H24FN5O2/c25-20-7-2-1-6-19(20)17-4-3-5-18(14-17)24(32)29-11-10-21-27-28-22(30(21)13-12-29)15-26-23(31)16-8-9-16/h1-7,14,16H,8-13,15H2,(H,26,31). The van der Waals surface area contributed by atoms with E-state index in [1.807, 2.05) is 4.57 Å². The highest BCUT2D eigenvalue weighted by Gasteiger charge is 2.30. The monoisotopic (exact) mass is 433 g/mol. The van der Waals surface area contributed by atoms with E-state index in [0.29, 0.717) is 55.1 Å². The van der Waals surface area contributed by atoms with Crippen molar-refractivity contribution < 1.29 is 14.0 Å². The van der Waals surface area contributed by atoms with Crippen molar-refractivity contribution in [1.29, 1.82) is 0 Å². The van der Waals surface area contributed by atoms with Gasteiger partial charge in [0.1, 0.15) is 11.6 Å². The minimum atomic E-state index is -0.314. The average molecular weight is 433 g/mol. The van der Waals surface area contributed by atoms with E-state index >= 15 is 0 Å². The molecule has 0 radical (unpaired) electrons. The quantitative estimate of drug-likeness (QED) is 0.671. The molecule has 5 rings (SSSR count). The molecule has 0 spiro atoms. The molecule has 1 aliphatic carbocycles. The Morgan fingerprint density at radius 2 is 1.88 bits per heavy atom. The molecule has 164 valence electrons. The summed E-state index contributed by atoms with van der Waals surface area (Å²) in [4.78, 5) is 26.9. The fraction of sp³-hybridized carbons (Fsp3) is 0.333. The minimum absolute atomic E-state index is 0.0718. The number of aromatic nitrogens is 3. The lowest BCUT2D eigenvalue weighted by molar-refractivity contribution is -0.122. The Balaban J connectivity index is 1.28. The first-order valence-electron chi connectivity index (χ1n) is 10.9. The molecule has 2 heterocycles. The van der Waals surface area contributed by atoms with E-state index in [9.17, 15) is 14.0 Å². The van der Waals surface area contributed by atoms with Crippen LogP contribution in [-0.2, 0) is 24.3 Å².